The Morgan fingerprint density at radius 3 is 2.57 bits per heavy atom. The first kappa shape index (κ1) is 15.9. The van der Waals surface area contributed by atoms with E-state index >= 15 is 0 Å². The summed E-state index contributed by atoms with van der Waals surface area (Å²) in [4.78, 5) is 8.01. The fourth-order valence-corrected chi connectivity index (χ4v) is 3.18. The SMILES string of the molecule is CCCNCc1sc(N(C)c2ccc(F)cc2)nc1CC. The van der Waals surface area contributed by atoms with E-state index in [0.29, 0.717) is 0 Å². The number of thiazole rings is 1. The van der Waals surface area contributed by atoms with Crippen LogP contribution in [0.5, 0.6) is 0 Å². The number of rotatable bonds is 7. The molecule has 114 valence electrons. The minimum Gasteiger partial charge on any atom is -0.321 e. The minimum absolute atomic E-state index is 0.218. The van der Waals surface area contributed by atoms with E-state index in [1.165, 1.54) is 17.0 Å². The van der Waals surface area contributed by atoms with Crippen LogP contribution in [0.4, 0.5) is 15.2 Å². The maximum Gasteiger partial charge on any atom is 0.190 e. The Morgan fingerprint density at radius 1 is 1.24 bits per heavy atom. The standard InChI is InChI=1S/C16H22FN3S/c1-4-10-18-11-15-14(5-2)19-16(21-15)20(3)13-8-6-12(17)7-9-13/h6-9,18H,4-5,10-11H2,1-3H3. The van der Waals surface area contributed by atoms with Gasteiger partial charge in [0.2, 0.25) is 0 Å². The predicted octanol–water partition coefficient (Wildman–Crippen LogP) is 4.11. The van der Waals surface area contributed by atoms with Crippen molar-refractivity contribution >= 4 is 22.2 Å². The average molecular weight is 307 g/mol. The summed E-state index contributed by atoms with van der Waals surface area (Å²) in [6, 6.07) is 6.50. The molecule has 5 heteroatoms. The Labute approximate surface area is 129 Å². The molecule has 2 rings (SSSR count). The van der Waals surface area contributed by atoms with Gasteiger partial charge in [0.15, 0.2) is 5.13 Å². The van der Waals surface area contributed by atoms with Crippen LogP contribution >= 0.6 is 11.3 Å². The van der Waals surface area contributed by atoms with Crippen LogP contribution in [-0.2, 0) is 13.0 Å². The number of hydrogen-bond donors (Lipinski definition) is 1. The maximum atomic E-state index is 13.0. The largest absolute Gasteiger partial charge is 0.321 e. The summed E-state index contributed by atoms with van der Waals surface area (Å²) in [5.74, 6) is -0.218. The number of nitrogens with zero attached hydrogens (tertiary/aromatic N) is 2. The number of anilines is 2. The molecule has 2 aromatic rings. The van der Waals surface area contributed by atoms with Crippen molar-refractivity contribution in [1.29, 1.82) is 0 Å². The lowest BCUT2D eigenvalue weighted by atomic mass is 10.3. The summed E-state index contributed by atoms with van der Waals surface area (Å²) in [7, 11) is 1.97. The molecule has 0 aliphatic rings. The van der Waals surface area contributed by atoms with E-state index < -0.39 is 0 Å². The lowest BCUT2D eigenvalue weighted by Crippen LogP contribution is -2.13. The zero-order chi connectivity index (χ0) is 15.2. The highest BCUT2D eigenvalue weighted by Crippen LogP contribution is 2.30. The van der Waals surface area contributed by atoms with E-state index in [2.05, 4.69) is 19.2 Å². The lowest BCUT2D eigenvalue weighted by Gasteiger charge is -2.15. The van der Waals surface area contributed by atoms with E-state index in [9.17, 15) is 4.39 Å². The van der Waals surface area contributed by atoms with Crippen molar-refractivity contribution in [3.05, 3.63) is 40.7 Å². The topological polar surface area (TPSA) is 28.2 Å². The van der Waals surface area contributed by atoms with Gasteiger partial charge in [-0.25, -0.2) is 9.37 Å². The molecule has 0 aliphatic carbocycles. The second-order valence-corrected chi connectivity index (χ2v) is 5.99. The van der Waals surface area contributed by atoms with Gasteiger partial charge in [-0.3, -0.25) is 0 Å². The van der Waals surface area contributed by atoms with Crippen molar-refractivity contribution in [2.45, 2.75) is 33.2 Å². The quantitative estimate of drug-likeness (QED) is 0.780. The van der Waals surface area contributed by atoms with Crippen LogP contribution in [0.25, 0.3) is 0 Å². The Bertz CT molecular complexity index is 565. The van der Waals surface area contributed by atoms with Crippen LogP contribution in [0.3, 0.4) is 0 Å². The molecule has 0 unspecified atom stereocenters. The molecule has 0 atom stereocenters. The molecule has 0 aliphatic heterocycles. The number of benzene rings is 1. The Balaban J connectivity index is 2.17. The third-order valence-electron chi connectivity index (χ3n) is 3.32. The molecule has 3 nitrogen and oxygen atoms in total. The van der Waals surface area contributed by atoms with E-state index in [4.69, 9.17) is 4.98 Å². The Kier molecular flexibility index (Phi) is 5.70. The van der Waals surface area contributed by atoms with Crippen LogP contribution in [-0.4, -0.2) is 18.6 Å². The van der Waals surface area contributed by atoms with E-state index in [1.54, 1.807) is 23.5 Å². The molecular formula is C16H22FN3S. The first-order chi connectivity index (χ1) is 10.2. The Hall–Kier alpha value is -1.46. The molecule has 0 saturated carbocycles. The number of aryl methyl sites for hydroxylation is 1. The zero-order valence-corrected chi connectivity index (χ0v) is 13.6. The molecule has 1 N–H and O–H groups in total. The molecule has 1 aromatic heterocycles. The van der Waals surface area contributed by atoms with Crippen molar-refractivity contribution in [3.8, 4) is 0 Å². The summed E-state index contributed by atoms with van der Waals surface area (Å²) in [5, 5.41) is 4.38. The van der Waals surface area contributed by atoms with Crippen molar-refractivity contribution in [3.63, 3.8) is 0 Å². The van der Waals surface area contributed by atoms with Gasteiger partial charge < -0.3 is 10.2 Å². The lowest BCUT2D eigenvalue weighted by molar-refractivity contribution is 0.628. The van der Waals surface area contributed by atoms with Gasteiger partial charge in [0, 0.05) is 24.2 Å². The smallest absolute Gasteiger partial charge is 0.190 e. The molecule has 1 heterocycles. The molecule has 0 radical (unpaired) electrons. The van der Waals surface area contributed by atoms with Gasteiger partial charge in [0.25, 0.3) is 0 Å². The number of hydrogen-bond acceptors (Lipinski definition) is 4. The van der Waals surface area contributed by atoms with E-state index in [-0.39, 0.29) is 5.82 Å². The van der Waals surface area contributed by atoms with Gasteiger partial charge in [-0.05, 0) is 43.7 Å². The summed E-state index contributed by atoms with van der Waals surface area (Å²) >= 11 is 1.70. The van der Waals surface area contributed by atoms with Crippen molar-refractivity contribution in [2.75, 3.05) is 18.5 Å². The summed E-state index contributed by atoms with van der Waals surface area (Å²) in [5.41, 5.74) is 2.09. The zero-order valence-electron chi connectivity index (χ0n) is 12.8. The fraction of sp³-hybridized carbons (Fsp3) is 0.438. The molecule has 0 bridgehead atoms. The molecule has 0 spiro atoms. The maximum absolute atomic E-state index is 13.0. The molecule has 0 fully saturated rings. The highest BCUT2D eigenvalue weighted by molar-refractivity contribution is 7.15. The summed E-state index contributed by atoms with van der Waals surface area (Å²) in [6.45, 7) is 6.17. The van der Waals surface area contributed by atoms with Gasteiger partial charge in [0.05, 0.1) is 5.69 Å². The normalized spacial score (nSPS) is 10.9. The van der Waals surface area contributed by atoms with Crippen LogP contribution in [0.15, 0.2) is 24.3 Å². The first-order valence-corrected chi connectivity index (χ1v) is 8.16. The number of halogens is 1. The molecular weight excluding hydrogens is 285 g/mol. The average Bonchev–Trinajstić information content (AvgIpc) is 2.91. The van der Waals surface area contributed by atoms with Gasteiger partial charge >= 0.3 is 0 Å². The van der Waals surface area contributed by atoms with Crippen LogP contribution in [0, 0.1) is 5.82 Å². The van der Waals surface area contributed by atoms with E-state index in [1.807, 2.05) is 11.9 Å². The number of nitrogens with one attached hydrogen (secondary N) is 1. The number of aromatic nitrogens is 1. The van der Waals surface area contributed by atoms with Crippen molar-refractivity contribution < 1.29 is 4.39 Å². The third kappa shape index (κ3) is 4.02. The second-order valence-electron chi connectivity index (χ2n) is 4.93. The molecule has 0 amide bonds. The highest BCUT2D eigenvalue weighted by atomic mass is 32.1. The van der Waals surface area contributed by atoms with Crippen LogP contribution < -0.4 is 10.2 Å². The third-order valence-corrected chi connectivity index (χ3v) is 4.49. The molecule has 1 aromatic carbocycles. The van der Waals surface area contributed by atoms with Crippen LogP contribution in [0.1, 0.15) is 30.8 Å². The summed E-state index contributed by atoms with van der Waals surface area (Å²) in [6.07, 6.45) is 2.06. The summed E-state index contributed by atoms with van der Waals surface area (Å²) < 4.78 is 13.0. The minimum atomic E-state index is -0.218. The van der Waals surface area contributed by atoms with Crippen molar-refractivity contribution in [2.24, 2.45) is 0 Å². The predicted molar refractivity (Wildman–Crippen MR) is 88.0 cm³/mol. The highest BCUT2D eigenvalue weighted by Gasteiger charge is 2.13. The molecule has 21 heavy (non-hydrogen) atoms. The first-order valence-electron chi connectivity index (χ1n) is 7.34. The second kappa shape index (κ2) is 7.52. The van der Waals surface area contributed by atoms with Gasteiger partial charge in [-0.2, -0.15) is 0 Å². The van der Waals surface area contributed by atoms with Gasteiger partial charge in [-0.15, -0.1) is 0 Å². The van der Waals surface area contributed by atoms with Gasteiger partial charge in [-0.1, -0.05) is 25.2 Å². The molecule has 0 saturated heterocycles. The monoisotopic (exact) mass is 307 g/mol. The fourth-order valence-electron chi connectivity index (χ4n) is 2.08. The van der Waals surface area contributed by atoms with Crippen LogP contribution in [0.2, 0.25) is 0 Å². The van der Waals surface area contributed by atoms with Gasteiger partial charge in [0.1, 0.15) is 5.82 Å². The van der Waals surface area contributed by atoms with Crippen molar-refractivity contribution in [1.82, 2.24) is 10.3 Å². The Morgan fingerprint density at radius 2 is 1.95 bits per heavy atom. The van der Waals surface area contributed by atoms with E-state index in [0.717, 1.165) is 42.4 Å².